The van der Waals surface area contributed by atoms with Crippen LogP contribution in [0.4, 0.5) is 0 Å². The quantitative estimate of drug-likeness (QED) is 0.722. The predicted molar refractivity (Wildman–Crippen MR) is 62.5 cm³/mol. The molecule has 15 heavy (non-hydrogen) atoms. The largest absolute Gasteiger partial charge is 0.304 e. The van der Waals surface area contributed by atoms with E-state index in [-0.39, 0.29) is 5.54 Å². The van der Waals surface area contributed by atoms with Gasteiger partial charge in [-0.2, -0.15) is 5.26 Å². The average Bonchev–Trinajstić information content (AvgIpc) is 2.99. The molecule has 0 aromatic heterocycles. The fourth-order valence-electron chi connectivity index (χ4n) is 2.08. The third kappa shape index (κ3) is 3.19. The first-order valence-electron chi connectivity index (χ1n) is 5.91. The summed E-state index contributed by atoms with van der Waals surface area (Å²) in [4.78, 5) is 2.22. The Morgan fingerprint density at radius 3 is 2.47 bits per heavy atom. The molecule has 1 aliphatic rings. The van der Waals surface area contributed by atoms with Crippen molar-refractivity contribution in [2.75, 3.05) is 20.1 Å². The van der Waals surface area contributed by atoms with Gasteiger partial charge in [-0.05, 0) is 46.2 Å². The van der Waals surface area contributed by atoms with Gasteiger partial charge < -0.3 is 4.90 Å². The Balaban J connectivity index is 2.70. The Kier molecular flexibility index (Phi) is 4.12. The molecule has 1 N–H and O–H groups in total. The molecule has 0 aliphatic heterocycles. The first-order valence-corrected chi connectivity index (χ1v) is 5.91. The number of nitrogens with one attached hydrogen (secondary N) is 1. The molecular formula is C12H23N3. The minimum Gasteiger partial charge on any atom is -0.304 e. The highest BCUT2D eigenvalue weighted by atomic mass is 15.2. The lowest BCUT2D eigenvalue weighted by Gasteiger charge is -2.33. The fourth-order valence-corrected chi connectivity index (χ4v) is 2.08. The lowest BCUT2D eigenvalue weighted by molar-refractivity contribution is 0.224. The number of hydrogen-bond donors (Lipinski definition) is 1. The molecular weight excluding hydrogens is 186 g/mol. The van der Waals surface area contributed by atoms with Crippen LogP contribution in [0.2, 0.25) is 0 Å². The second kappa shape index (κ2) is 4.96. The van der Waals surface area contributed by atoms with Crippen LogP contribution in [-0.2, 0) is 0 Å². The van der Waals surface area contributed by atoms with Gasteiger partial charge in [-0.15, -0.1) is 0 Å². The molecule has 1 unspecified atom stereocenters. The summed E-state index contributed by atoms with van der Waals surface area (Å²) in [7, 11) is 2.08. The number of hydrogen-bond acceptors (Lipinski definition) is 3. The van der Waals surface area contributed by atoms with E-state index in [1.807, 2.05) is 0 Å². The lowest BCUT2D eigenvalue weighted by Crippen LogP contribution is -2.56. The van der Waals surface area contributed by atoms with E-state index in [2.05, 4.69) is 44.1 Å². The van der Waals surface area contributed by atoms with Crippen molar-refractivity contribution in [2.24, 2.45) is 5.92 Å². The maximum Gasteiger partial charge on any atom is 0.122 e. The maximum absolute atomic E-state index is 9.44. The van der Waals surface area contributed by atoms with E-state index in [1.54, 1.807) is 0 Å². The van der Waals surface area contributed by atoms with Gasteiger partial charge in [0.2, 0.25) is 0 Å². The molecule has 3 heteroatoms. The van der Waals surface area contributed by atoms with Gasteiger partial charge in [0.25, 0.3) is 0 Å². The molecule has 0 spiro atoms. The van der Waals surface area contributed by atoms with Gasteiger partial charge in [0.1, 0.15) is 5.54 Å². The summed E-state index contributed by atoms with van der Waals surface area (Å²) in [6, 6.07) is 2.89. The van der Waals surface area contributed by atoms with E-state index in [9.17, 15) is 5.26 Å². The maximum atomic E-state index is 9.44. The molecule has 0 aromatic carbocycles. The van der Waals surface area contributed by atoms with Crippen molar-refractivity contribution in [3.8, 4) is 6.07 Å². The Bertz CT molecular complexity index is 240. The summed E-state index contributed by atoms with van der Waals surface area (Å²) in [5.74, 6) is 0.555. The minimum atomic E-state index is -0.321. The van der Waals surface area contributed by atoms with E-state index < -0.39 is 0 Å². The molecule has 1 saturated carbocycles. The summed E-state index contributed by atoms with van der Waals surface area (Å²) in [6.45, 7) is 8.18. The topological polar surface area (TPSA) is 39.1 Å². The molecule has 0 aromatic rings. The van der Waals surface area contributed by atoms with Crippen molar-refractivity contribution in [3.63, 3.8) is 0 Å². The molecule has 0 saturated heterocycles. The van der Waals surface area contributed by atoms with Gasteiger partial charge in [-0.25, -0.2) is 0 Å². The Morgan fingerprint density at radius 2 is 2.13 bits per heavy atom. The van der Waals surface area contributed by atoms with Crippen LogP contribution < -0.4 is 5.32 Å². The molecule has 3 nitrogen and oxygen atoms in total. The van der Waals surface area contributed by atoms with E-state index in [0.29, 0.717) is 12.0 Å². The molecule has 0 amide bonds. The van der Waals surface area contributed by atoms with E-state index >= 15 is 0 Å². The second-order valence-electron chi connectivity index (χ2n) is 4.99. The highest BCUT2D eigenvalue weighted by Crippen LogP contribution is 2.40. The minimum absolute atomic E-state index is 0.321. The number of nitriles is 1. The van der Waals surface area contributed by atoms with Crippen molar-refractivity contribution >= 4 is 0 Å². The fraction of sp³-hybridized carbons (Fsp3) is 0.917. The van der Waals surface area contributed by atoms with Crippen LogP contribution in [-0.4, -0.2) is 36.6 Å². The highest BCUT2D eigenvalue weighted by molar-refractivity contribution is 5.17. The predicted octanol–water partition coefficient (Wildman–Crippen LogP) is 1.61. The number of nitrogens with zero attached hydrogens (tertiary/aromatic N) is 2. The Hall–Kier alpha value is -0.590. The first kappa shape index (κ1) is 12.5. The summed E-state index contributed by atoms with van der Waals surface area (Å²) in [6.07, 6.45) is 2.40. The monoisotopic (exact) mass is 209 g/mol. The summed E-state index contributed by atoms with van der Waals surface area (Å²) >= 11 is 0. The van der Waals surface area contributed by atoms with Crippen molar-refractivity contribution in [3.05, 3.63) is 0 Å². The van der Waals surface area contributed by atoms with Crippen LogP contribution in [0.25, 0.3) is 0 Å². The normalized spacial score (nSPS) is 20.3. The lowest BCUT2D eigenvalue weighted by atomic mass is 9.93. The third-order valence-electron chi connectivity index (χ3n) is 3.08. The van der Waals surface area contributed by atoms with Crippen LogP contribution in [0.3, 0.4) is 0 Å². The Morgan fingerprint density at radius 1 is 1.53 bits per heavy atom. The van der Waals surface area contributed by atoms with Crippen LogP contribution >= 0.6 is 0 Å². The highest BCUT2D eigenvalue weighted by Gasteiger charge is 2.46. The first-order chi connectivity index (χ1) is 7.04. The van der Waals surface area contributed by atoms with E-state index in [1.165, 1.54) is 12.8 Å². The number of likely N-dealkylation sites (N-methyl/N-ethyl adjacent to an activating group) is 1. The molecule has 0 bridgehead atoms. The van der Waals surface area contributed by atoms with Crippen molar-refractivity contribution in [1.82, 2.24) is 10.2 Å². The molecule has 0 heterocycles. The van der Waals surface area contributed by atoms with Gasteiger partial charge in [0, 0.05) is 12.6 Å². The van der Waals surface area contributed by atoms with Crippen molar-refractivity contribution in [1.29, 1.82) is 5.26 Å². The van der Waals surface area contributed by atoms with Gasteiger partial charge >= 0.3 is 0 Å². The van der Waals surface area contributed by atoms with Crippen molar-refractivity contribution < 1.29 is 0 Å². The van der Waals surface area contributed by atoms with Crippen LogP contribution in [0, 0.1) is 17.2 Å². The SMILES string of the molecule is CCN(C)CC(C#N)(NC(C)C)C1CC1. The van der Waals surface area contributed by atoms with Gasteiger partial charge in [-0.3, -0.25) is 5.32 Å². The molecule has 1 aliphatic carbocycles. The smallest absolute Gasteiger partial charge is 0.122 e. The third-order valence-corrected chi connectivity index (χ3v) is 3.08. The molecule has 86 valence electrons. The average molecular weight is 209 g/mol. The standard InChI is InChI=1S/C12H23N3/c1-5-15(4)9-12(8-13,11-6-7-11)14-10(2)3/h10-11,14H,5-7,9H2,1-4H3. The Labute approximate surface area is 93.5 Å². The van der Waals surface area contributed by atoms with E-state index in [4.69, 9.17) is 0 Å². The van der Waals surface area contributed by atoms with Gasteiger partial charge in [0.15, 0.2) is 0 Å². The molecule has 1 fully saturated rings. The van der Waals surface area contributed by atoms with E-state index in [0.717, 1.165) is 13.1 Å². The van der Waals surface area contributed by atoms with Gasteiger partial charge in [-0.1, -0.05) is 6.92 Å². The molecule has 1 atom stereocenters. The van der Waals surface area contributed by atoms with Crippen LogP contribution in [0.15, 0.2) is 0 Å². The van der Waals surface area contributed by atoms with Gasteiger partial charge in [0.05, 0.1) is 6.07 Å². The molecule has 1 rings (SSSR count). The zero-order valence-electron chi connectivity index (χ0n) is 10.4. The second-order valence-corrected chi connectivity index (χ2v) is 4.99. The zero-order valence-corrected chi connectivity index (χ0v) is 10.4. The van der Waals surface area contributed by atoms with Crippen molar-refractivity contribution in [2.45, 2.75) is 45.2 Å². The summed E-state index contributed by atoms with van der Waals surface area (Å²) < 4.78 is 0. The summed E-state index contributed by atoms with van der Waals surface area (Å²) in [5.41, 5.74) is -0.321. The zero-order chi connectivity index (χ0) is 11.5. The summed E-state index contributed by atoms with van der Waals surface area (Å²) in [5, 5.41) is 12.9. The van der Waals surface area contributed by atoms with Crippen LogP contribution in [0.1, 0.15) is 33.6 Å². The molecule has 0 radical (unpaired) electrons. The number of rotatable bonds is 6. The van der Waals surface area contributed by atoms with Crippen LogP contribution in [0.5, 0.6) is 0 Å².